The number of para-hydroxylation sites is 1. The van der Waals surface area contributed by atoms with Gasteiger partial charge in [0.05, 0.1) is 5.69 Å². The van der Waals surface area contributed by atoms with Crippen LogP contribution in [0, 0.1) is 0 Å². The zero-order valence-electron chi connectivity index (χ0n) is 21.6. The van der Waals surface area contributed by atoms with E-state index in [2.05, 4.69) is 114 Å². The van der Waals surface area contributed by atoms with E-state index < -0.39 is 0 Å². The van der Waals surface area contributed by atoms with Crippen molar-refractivity contribution in [3.63, 3.8) is 0 Å². The summed E-state index contributed by atoms with van der Waals surface area (Å²) in [6.45, 7) is 0. The van der Waals surface area contributed by atoms with E-state index in [4.69, 9.17) is 23.2 Å². The normalized spacial score (nSPS) is 11.7. The predicted molar refractivity (Wildman–Crippen MR) is 182 cm³/mol. The lowest BCUT2D eigenvalue weighted by atomic mass is 10.0. The minimum atomic E-state index is 0.637. The van der Waals surface area contributed by atoms with Crippen LogP contribution in [-0.4, -0.2) is 0 Å². The average Bonchev–Trinajstić information content (AvgIpc) is 3.56. The lowest BCUT2D eigenvalue weighted by Crippen LogP contribution is -2.10. The van der Waals surface area contributed by atoms with Crippen LogP contribution in [0.3, 0.4) is 0 Å². The zero-order chi connectivity index (χ0) is 27.5. The summed E-state index contributed by atoms with van der Waals surface area (Å²) < 4.78 is 5.07. The number of fused-ring (bicyclic) bond motifs is 6. The second-order valence-electron chi connectivity index (χ2n) is 10.0. The van der Waals surface area contributed by atoms with Crippen molar-refractivity contribution in [1.82, 2.24) is 0 Å². The Kier molecular flexibility index (Phi) is 6.01. The van der Waals surface area contributed by atoms with Crippen molar-refractivity contribution in [2.45, 2.75) is 0 Å². The summed E-state index contributed by atoms with van der Waals surface area (Å²) in [4.78, 5) is 2.39. The van der Waals surface area contributed by atoms with Crippen LogP contribution in [-0.2, 0) is 0 Å². The van der Waals surface area contributed by atoms with Crippen molar-refractivity contribution in [3.05, 3.63) is 137 Å². The van der Waals surface area contributed by atoms with Crippen LogP contribution in [0.5, 0.6) is 0 Å². The molecule has 5 heteroatoms. The van der Waals surface area contributed by atoms with Gasteiger partial charge in [-0.15, -0.1) is 22.7 Å². The van der Waals surface area contributed by atoms with Crippen LogP contribution in [0.4, 0.5) is 17.1 Å². The number of rotatable bonds is 4. The Balaban J connectivity index is 1.40. The van der Waals surface area contributed by atoms with E-state index in [0.717, 1.165) is 28.2 Å². The lowest BCUT2D eigenvalue weighted by molar-refractivity contribution is 1.31. The van der Waals surface area contributed by atoms with Gasteiger partial charge in [-0.25, -0.2) is 0 Å². The summed E-state index contributed by atoms with van der Waals surface area (Å²) in [6.07, 6.45) is 0. The average molecular weight is 603 g/mol. The van der Waals surface area contributed by atoms with Crippen LogP contribution >= 0.6 is 45.9 Å². The molecule has 0 aliphatic heterocycles. The van der Waals surface area contributed by atoms with Gasteiger partial charge in [0.1, 0.15) is 0 Å². The molecule has 0 fully saturated rings. The highest BCUT2D eigenvalue weighted by Gasteiger charge is 2.20. The maximum Gasteiger partial charge on any atom is 0.0554 e. The summed E-state index contributed by atoms with van der Waals surface area (Å²) >= 11 is 16.5. The predicted octanol–water partition coefficient (Wildman–Crippen LogP) is 12.9. The van der Waals surface area contributed by atoms with Crippen LogP contribution in [0.1, 0.15) is 0 Å². The minimum Gasteiger partial charge on any atom is -0.310 e. The van der Waals surface area contributed by atoms with Gasteiger partial charge in [-0.2, -0.15) is 0 Å². The monoisotopic (exact) mass is 601 g/mol. The molecule has 0 spiro atoms. The fourth-order valence-electron chi connectivity index (χ4n) is 5.81. The Morgan fingerprint density at radius 1 is 0.488 bits per heavy atom. The Bertz CT molecular complexity index is 2230. The molecule has 2 heterocycles. The van der Waals surface area contributed by atoms with Crippen molar-refractivity contribution < 1.29 is 0 Å². The molecule has 0 amide bonds. The number of anilines is 3. The van der Waals surface area contributed by atoms with E-state index in [1.165, 1.54) is 40.3 Å². The molecular formula is C36H21Cl2NS2. The van der Waals surface area contributed by atoms with E-state index in [-0.39, 0.29) is 0 Å². The molecule has 1 nitrogen and oxygen atoms in total. The van der Waals surface area contributed by atoms with Gasteiger partial charge in [0.2, 0.25) is 0 Å². The third-order valence-electron chi connectivity index (χ3n) is 7.55. The first-order chi connectivity index (χ1) is 20.1. The second kappa shape index (κ2) is 9.90. The maximum atomic E-state index is 6.41. The molecule has 0 aliphatic carbocycles. The van der Waals surface area contributed by atoms with Crippen molar-refractivity contribution in [2.75, 3.05) is 4.90 Å². The van der Waals surface area contributed by atoms with E-state index in [9.17, 15) is 0 Å². The molecule has 6 aromatic carbocycles. The second-order valence-corrected chi connectivity index (χ2v) is 13.1. The smallest absolute Gasteiger partial charge is 0.0554 e. The minimum absolute atomic E-state index is 0.637. The number of halogens is 2. The topological polar surface area (TPSA) is 3.24 Å². The van der Waals surface area contributed by atoms with Gasteiger partial charge in [-0.3, -0.25) is 0 Å². The van der Waals surface area contributed by atoms with Gasteiger partial charge in [-0.1, -0.05) is 83.9 Å². The molecule has 0 unspecified atom stereocenters. The fraction of sp³-hybridized carbons (Fsp3) is 0. The highest BCUT2D eigenvalue weighted by Crippen LogP contribution is 2.48. The Morgan fingerprint density at radius 3 is 2.05 bits per heavy atom. The summed E-state index contributed by atoms with van der Waals surface area (Å²) in [5.74, 6) is 0. The molecule has 41 heavy (non-hydrogen) atoms. The third-order valence-corrected chi connectivity index (χ3v) is 10.3. The summed E-state index contributed by atoms with van der Waals surface area (Å²) in [7, 11) is 0. The highest BCUT2D eigenvalue weighted by atomic mass is 35.5. The van der Waals surface area contributed by atoms with Crippen LogP contribution < -0.4 is 4.90 Å². The number of thiophene rings is 2. The van der Waals surface area contributed by atoms with Gasteiger partial charge in [-0.05, 0) is 77.9 Å². The Hall–Kier alpha value is -3.86. The van der Waals surface area contributed by atoms with Crippen molar-refractivity contribution in [2.24, 2.45) is 0 Å². The van der Waals surface area contributed by atoms with Crippen molar-refractivity contribution >= 4 is 103 Å². The van der Waals surface area contributed by atoms with E-state index in [0.29, 0.717) is 10.0 Å². The van der Waals surface area contributed by atoms with E-state index in [1.807, 2.05) is 34.8 Å². The largest absolute Gasteiger partial charge is 0.310 e. The molecule has 0 saturated carbocycles. The van der Waals surface area contributed by atoms with Gasteiger partial charge in [0.25, 0.3) is 0 Å². The number of benzene rings is 6. The van der Waals surface area contributed by atoms with Gasteiger partial charge in [0.15, 0.2) is 0 Å². The number of nitrogens with zero attached hydrogens (tertiary/aromatic N) is 1. The SMILES string of the molecule is Clc1cc(Cl)cc(-c2cccc3c2sc2cccc(N(c4ccccc4)c4ccc5sc6ccccc6c5c4)c23)c1. The van der Waals surface area contributed by atoms with Crippen molar-refractivity contribution in [3.8, 4) is 11.1 Å². The molecule has 0 N–H and O–H groups in total. The van der Waals surface area contributed by atoms with Gasteiger partial charge >= 0.3 is 0 Å². The van der Waals surface area contributed by atoms with Gasteiger partial charge < -0.3 is 4.90 Å². The number of hydrogen-bond donors (Lipinski definition) is 0. The first-order valence-electron chi connectivity index (χ1n) is 13.3. The molecule has 0 aliphatic rings. The number of hydrogen-bond acceptors (Lipinski definition) is 3. The van der Waals surface area contributed by atoms with E-state index >= 15 is 0 Å². The van der Waals surface area contributed by atoms with Gasteiger partial charge in [0, 0.05) is 61.8 Å². The van der Waals surface area contributed by atoms with Crippen LogP contribution in [0.15, 0.2) is 127 Å². The molecule has 8 rings (SSSR count). The molecule has 8 aromatic rings. The lowest BCUT2D eigenvalue weighted by Gasteiger charge is -2.26. The quantitative estimate of drug-likeness (QED) is 0.194. The zero-order valence-corrected chi connectivity index (χ0v) is 24.8. The Labute approximate surface area is 255 Å². The van der Waals surface area contributed by atoms with Crippen molar-refractivity contribution in [1.29, 1.82) is 0 Å². The van der Waals surface area contributed by atoms with Crippen LogP contribution in [0.25, 0.3) is 51.5 Å². The molecule has 2 aromatic heterocycles. The summed E-state index contributed by atoms with van der Waals surface area (Å²) in [6, 6.07) is 45.1. The first kappa shape index (κ1) is 24.9. The summed E-state index contributed by atoms with van der Waals surface area (Å²) in [5, 5.41) is 6.31. The third kappa shape index (κ3) is 4.20. The molecule has 0 bridgehead atoms. The van der Waals surface area contributed by atoms with Crippen LogP contribution in [0.2, 0.25) is 10.0 Å². The molecule has 0 saturated heterocycles. The Morgan fingerprint density at radius 2 is 1.20 bits per heavy atom. The first-order valence-corrected chi connectivity index (χ1v) is 15.7. The molecular weight excluding hydrogens is 581 g/mol. The molecule has 196 valence electrons. The maximum absolute atomic E-state index is 6.41. The molecule has 0 atom stereocenters. The fourth-order valence-corrected chi connectivity index (χ4v) is 8.68. The highest BCUT2D eigenvalue weighted by molar-refractivity contribution is 7.26. The standard InChI is InChI=1S/C36H21Cl2NS2/c37-23-18-22(19-24(38)20-23)27-11-6-12-29-35-31(13-7-15-34(35)41-36(27)29)39(25-8-2-1-3-9-25)26-16-17-33-30(21-26)28-10-4-5-14-32(28)40-33/h1-21H. The molecule has 0 radical (unpaired) electrons. The van der Waals surface area contributed by atoms with E-state index in [1.54, 1.807) is 6.07 Å². The summed E-state index contributed by atoms with van der Waals surface area (Å²) in [5.41, 5.74) is 5.57.